The van der Waals surface area contributed by atoms with Crippen molar-refractivity contribution in [1.29, 1.82) is 0 Å². The van der Waals surface area contributed by atoms with Crippen LogP contribution in [0.25, 0.3) is 11.3 Å². The highest BCUT2D eigenvalue weighted by Crippen LogP contribution is 2.29. The van der Waals surface area contributed by atoms with E-state index in [2.05, 4.69) is 44.3 Å². The van der Waals surface area contributed by atoms with Crippen molar-refractivity contribution in [2.45, 2.75) is 59.5 Å². The normalized spacial score (nSPS) is 11.8. The van der Waals surface area contributed by atoms with Crippen molar-refractivity contribution in [3.05, 3.63) is 18.2 Å². The fourth-order valence-corrected chi connectivity index (χ4v) is 2.34. The number of nitrogens with two attached hydrogens (primary N) is 1. The maximum absolute atomic E-state index is 6.31. The summed E-state index contributed by atoms with van der Waals surface area (Å²) in [7, 11) is 0. The van der Waals surface area contributed by atoms with Gasteiger partial charge in [-0.3, -0.25) is 4.68 Å². The average Bonchev–Trinajstić information content (AvgIpc) is 2.96. The highest BCUT2D eigenvalue weighted by Gasteiger charge is 2.19. The lowest BCUT2D eigenvalue weighted by molar-refractivity contribution is 0.532. The number of hydrogen-bond donors (Lipinski definition) is 1. The fraction of sp³-hybridized carbons (Fsp3) is 0.600. The van der Waals surface area contributed by atoms with Crippen LogP contribution in [0.3, 0.4) is 0 Å². The Kier molecular flexibility index (Phi) is 4.16. The third-order valence-corrected chi connectivity index (χ3v) is 3.40. The summed E-state index contributed by atoms with van der Waals surface area (Å²) >= 11 is 0. The molecule has 2 aromatic heterocycles. The molecule has 0 saturated carbocycles. The van der Waals surface area contributed by atoms with Gasteiger partial charge in [-0.25, -0.2) is 4.98 Å². The van der Waals surface area contributed by atoms with Crippen LogP contribution in [0.4, 0.5) is 5.82 Å². The number of hydrogen-bond acceptors (Lipinski definition) is 3. The minimum absolute atomic E-state index is 0.340. The van der Waals surface area contributed by atoms with Crippen molar-refractivity contribution in [3.8, 4) is 11.3 Å². The van der Waals surface area contributed by atoms with Crippen LogP contribution in [0.15, 0.2) is 12.4 Å². The first kappa shape index (κ1) is 14.6. The molecule has 0 amide bonds. The third kappa shape index (κ3) is 2.57. The molecule has 5 heteroatoms. The largest absolute Gasteiger partial charge is 0.383 e. The van der Waals surface area contributed by atoms with Gasteiger partial charge in [0.15, 0.2) is 0 Å². The fourth-order valence-electron chi connectivity index (χ4n) is 2.34. The van der Waals surface area contributed by atoms with E-state index in [-0.39, 0.29) is 0 Å². The predicted octanol–water partition coefficient (Wildman–Crippen LogP) is 3.44. The molecule has 0 atom stereocenters. The van der Waals surface area contributed by atoms with Crippen molar-refractivity contribution in [1.82, 2.24) is 19.3 Å². The maximum atomic E-state index is 6.31. The Hall–Kier alpha value is -1.78. The van der Waals surface area contributed by atoms with Gasteiger partial charge in [0.2, 0.25) is 0 Å². The Morgan fingerprint density at radius 2 is 1.95 bits per heavy atom. The second-order valence-electron chi connectivity index (χ2n) is 5.81. The summed E-state index contributed by atoms with van der Waals surface area (Å²) in [5.74, 6) is 2.16. The highest BCUT2D eigenvalue weighted by molar-refractivity contribution is 5.70. The van der Waals surface area contributed by atoms with E-state index in [1.54, 1.807) is 0 Å². The number of imidazole rings is 1. The number of nitrogens with zero attached hydrogens (tertiary/aromatic N) is 4. The Morgan fingerprint density at radius 1 is 1.25 bits per heavy atom. The molecule has 0 fully saturated rings. The summed E-state index contributed by atoms with van der Waals surface area (Å²) in [5.41, 5.74) is 8.16. The Morgan fingerprint density at radius 3 is 2.45 bits per heavy atom. The predicted molar refractivity (Wildman–Crippen MR) is 82.6 cm³/mol. The molecule has 110 valence electrons. The van der Waals surface area contributed by atoms with E-state index < -0.39 is 0 Å². The third-order valence-electron chi connectivity index (χ3n) is 3.40. The van der Waals surface area contributed by atoms with E-state index >= 15 is 0 Å². The topological polar surface area (TPSA) is 61.7 Å². The zero-order valence-electron chi connectivity index (χ0n) is 13.1. The van der Waals surface area contributed by atoms with Gasteiger partial charge in [-0.1, -0.05) is 20.8 Å². The number of nitrogen functional groups attached to an aromatic ring is 1. The summed E-state index contributed by atoms with van der Waals surface area (Å²) in [6, 6.07) is 0.340. The van der Waals surface area contributed by atoms with Crippen LogP contribution in [0.5, 0.6) is 0 Å². The van der Waals surface area contributed by atoms with E-state index in [0.717, 1.165) is 35.9 Å². The summed E-state index contributed by atoms with van der Waals surface area (Å²) in [6.45, 7) is 11.6. The molecule has 0 saturated heterocycles. The molecule has 0 spiro atoms. The second kappa shape index (κ2) is 5.69. The second-order valence-corrected chi connectivity index (χ2v) is 5.81. The SMILES string of the molecule is CCCn1c(C(C)C)nc(-c2cnn(C(C)C)c2)c1N. The van der Waals surface area contributed by atoms with Gasteiger partial charge in [0.05, 0.1) is 6.20 Å². The lowest BCUT2D eigenvalue weighted by Crippen LogP contribution is -2.08. The number of rotatable bonds is 5. The molecular weight excluding hydrogens is 250 g/mol. The van der Waals surface area contributed by atoms with Crippen LogP contribution >= 0.6 is 0 Å². The van der Waals surface area contributed by atoms with Gasteiger partial charge < -0.3 is 10.3 Å². The van der Waals surface area contributed by atoms with Crippen LogP contribution in [0.2, 0.25) is 0 Å². The lowest BCUT2D eigenvalue weighted by atomic mass is 10.2. The summed E-state index contributed by atoms with van der Waals surface area (Å²) < 4.78 is 4.06. The Balaban J connectivity index is 2.48. The molecule has 20 heavy (non-hydrogen) atoms. The van der Waals surface area contributed by atoms with Crippen LogP contribution in [0.1, 0.15) is 58.8 Å². The van der Waals surface area contributed by atoms with Gasteiger partial charge >= 0.3 is 0 Å². The van der Waals surface area contributed by atoms with E-state index in [1.165, 1.54) is 0 Å². The molecule has 2 aromatic rings. The van der Waals surface area contributed by atoms with Crippen molar-refractivity contribution in [2.75, 3.05) is 5.73 Å². The van der Waals surface area contributed by atoms with Gasteiger partial charge in [-0.2, -0.15) is 5.10 Å². The van der Waals surface area contributed by atoms with Crippen molar-refractivity contribution < 1.29 is 0 Å². The molecule has 2 heterocycles. The first-order valence-electron chi connectivity index (χ1n) is 7.36. The molecule has 2 N–H and O–H groups in total. The Labute approximate surface area is 120 Å². The van der Waals surface area contributed by atoms with E-state index in [4.69, 9.17) is 10.7 Å². The van der Waals surface area contributed by atoms with Gasteiger partial charge in [-0.05, 0) is 20.3 Å². The molecular formula is C15H25N5. The molecule has 0 radical (unpaired) electrons. The molecule has 0 unspecified atom stereocenters. The maximum Gasteiger partial charge on any atom is 0.131 e. The molecule has 0 bridgehead atoms. The molecule has 5 nitrogen and oxygen atoms in total. The zero-order chi connectivity index (χ0) is 14.9. The number of aromatic nitrogens is 4. The summed E-state index contributed by atoms with van der Waals surface area (Å²) in [6.07, 6.45) is 4.91. The van der Waals surface area contributed by atoms with E-state index in [0.29, 0.717) is 12.0 Å². The van der Waals surface area contributed by atoms with Crippen molar-refractivity contribution in [3.63, 3.8) is 0 Å². The molecule has 0 aliphatic rings. The smallest absolute Gasteiger partial charge is 0.131 e. The minimum atomic E-state index is 0.340. The summed E-state index contributed by atoms with van der Waals surface area (Å²) in [4.78, 5) is 4.76. The quantitative estimate of drug-likeness (QED) is 0.909. The van der Waals surface area contributed by atoms with Crippen molar-refractivity contribution >= 4 is 5.82 Å². The van der Waals surface area contributed by atoms with Crippen LogP contribution < -0.4 is 5.73 Å². The summed E-state index contributed by atoms with van der Waals surface area (Å²) in [5, 5.41) is 4.37. The van der Waals surface area contributed by atoms with Crippen LogP contribution in [-0.2, 0) is 6.54 Å². The first-order chi connectivity index (χ1) is 9.45. The van der Waals surface area contributed by atoms with E-state index in [1.807, 2.05) is 17.1 Å². The standard InChI is InChI=1S/C15H25N5/c1-6-7-19-14(16)13(18-15(19)10(2)3)12-8-17-20(9-12)11(4)5/h8-11H,6-7,16H2,1-5H3. The van der Waals surface area contributed by atoms with E-state index in [9.17, 15) is 0 Å². The monoisotopic (exact) mass is 275 g/mol. The lowest BCUT2D eigenvalue weighted by Gasteiger charge is -2.10. The average molecular weight is 275 g/mol. The Bertz CT molecular complexity index is 577. The molecule has 0 aliphatic heterocycles. The number of anilines is 1. The van der Waals surface area contributed by atoms with Gasteiger partial charge in [0, 0.05) is 30.3 Å². The van der Waals surface area contributed by atoms with Gasteiger partial charge in [-0.15, -0.1) is 0 Å². The zero-order valence-corrected chi connectivity index (χ0v) is 13.1. The van der Waals surface area contributed by atoms with Crippen LogP contribution in [-0.4, -0.2) is 19.3 Å². The van der Waals surface area contributed by atoms with Gasteiger partial charge in [0.1, 0.15) is 17.3 Å². The van der Waals surface area contributed by atoms with Crippen molar-refractivity contribution in [2.24, 2.45) is 0 Å². The highest BCUT2D eigenvalue weighted by atomic mass is 15.3. The molecule has 0 aliphatic carbocycles. The van der Waals surface area contributed by atoms with Gasteiger partial charge in [0.25, 0.3) is 0 Å². The molecule has 2 rings (SSSR count). The van der Waals surface area contributed by atoms with Crippen LogP contribution in [0, 0.1) is 0 Å². The molecule has 0 aromatic carbocycles. The first-order valence-corrected chi connectivity index (χ1v) is 7.36. The minimum Gasteiger partial charge on any atom is -0.383 e.